The van der Waals surface area contributed by atoms with Crippen molar-refractivity contribution in [2.75, 3.05) is 5.75 Å². The Bertz CT molecular complexity index is 241. The van der Waals surface area contributed by atoms with Gasteiger partial charge in [-0.1, -0.05) is 32.9 Å². The molecular formula is C10H22O2SSi. The van der Waals surface area contributed by atoms with Crippen molar-refractivity contribution in [1.29, 1.82) is 0 Å². The molecule has 0 fully saturated rings. The molecule has 84 valence electrons. The van der Waals surface area contributed by atoms with Crippen molar-refractivity contribution < 1.29 is 8.08 Å². The van der Waals surface area contributed by atoms with Gasteiger partial charge in [0.2, 0.25) is 8.32 Å². The fourth-order valence-electron chi connectivity index (χ4n) is 0.588. The molecule has 0 spiro atoms. The van der Waals surface area contributed by atoms with Crippen LogP contribution in [0.15, 0.2) is 12.2 Å². The predicted molar refractivity (Wildman–Crippen MR) is 66.1 cm³/mol. The molecule has 14 heavy (non-hydrogen) atoms. The average Bonchev–Trinajstić information content (AvgIpc) is 1.79. The van der Waals surface area contributed by atoms with Gasteiger partial charge in [-0.2, -0.15) is 0 Å². The summed E-state index contributed by atoms with van der Waals surface area (Å²) in [6, 6.07) is 0. The minimum absolute atomic E-state index is 0.109. The van der Waals surface area contributed by atoms with Crippen molar-refractivity contribution in [2.45, 2.75) is 45.8 Å². The van der Waals surface area contributed by atoms with Crippen LogP contribution in [0.4, 0.5) is 0 Å². The first-order valence-electron chi connectivity index (χ1n) is 4.78. The second-order valence-corrected chi connectivity index (χ2v) is 11.3. The molecule has 1 atom stereocenters. The number of rotatable bonds is 4. The average molecular weight is 234 g/mol. The Morgan fingerprint density at radius 2 is 1.86 bits per heavy atom. The molecule has 0 N–H and O–H groups in total. The van der Waals surface area contributed by atoms with E-state index < -0.39 is 19.4 Å². The zero-order valence-corrected chi connectivity index (χ0v) is 12.0. The highest BCUT2D eigenvalue weighted by atomic mass is 32.2. The molecule has 0 saturated carbocycles. The van der Waals surface area contributed by atoms with E-state index in [0.717, 1.165) is 5.57 Å². The Kier molecular flexibility index (Phi) is 4.75. The Hall–Kier alpha value is 0.0669. The van der Waals surface area contributed by atoms with Gasteiger partial charge in [-0.05, 0) is 25.1 Å². The molecule has 0 aliphatic rings. The third-order valence-corrected chi connectivity index (χ3v) is 9.22. The van der Waals surface area contributed by atoms with Gasteiger partial charge >= 0.3 is 0 Å². The fourth-order valence-corrected chi connectivity index (χ4v) is 4.09. The largest absolute Gasteiger partial charge is 0.334 e. The van der Waals surface area contributed by atoms with Gasteiger partial charge in [-0.15, -0.1) is 0 Å². The van der Waals surface area contributed by atoms with E-state index in [0.29, 0.717) is 5.75 Å². The summed E-state index contributed by atoms with van der Waals surface area (Å²) in [6.07, 6.45) is 0. The lowest BCUT2D eigenvalue weighted by molar-refractivity contribution is 0.511. The number of hydrogen-bond donors (Lipinski definition) is 0. The molecule has 0 amide bonds. The summed E-state index contributed by atoms with van der Waals surface area (Å²) in [4.78, 5) is 0. The maximum absolute atomic E-state index is 11.6. The van der Waals surface area contributed by atoms with Gasteiger partial charge in [0.25, 0.3) is 0 Å². The van der Waals surface area contributed by atoms with E-state index in [1.807, 2.05) is 6.92 Å². The molecule has 0 radical (unpaired) electrons. The molecule has 4 heteroatoms. The van der Waals surface area contributed by atoms with Gasteiger partial charge < -0.3 is 3.87 Å². The van der Waals surface area contributed by atoms with Crippen LogP contribution in [-0.2, 0) is 15.0 Å². The Balaban J connectivity index is 4.37. The molecule has 0 heterocycles. The zero-order valence-electron chi connectivity index (χ0n) is 10.1. The van der Waals surface area contributed by atoms with Gasteiger partial charge in [0.05, 0.1) is 5.75 Å². The van der Waals surface area contributed by atoms with Gasteiger partial charge in [0.1, 0.15) is 11.1 Å². The van der Waals surface area contributed by atoms with Crippen molar-refractivity contribution in [3.05, 3.63) is 12.2 Å². The van der Waals surface area contributed by atoms with E-state index in [-0.39, 0.29) is 5.04 Å². The monoisotopic (exact) mass is 234 g/mol. The predicted octanol–water partition coefficient (Wildman–Crippen LogP) is 3.25. The lowest BCUT2D eigenvalue weighted by Gasteiger charge is -2.34. The molecule has 0 aliphatic heterocycles. The Morgan fingerprint density at radius 3 is 2.14 bits per heavy atom. The van der Waals surface area contributed by atoms with Gasteiger partial charge in [0, 0.05) is 0 Å². The van der Waals surface area contributed by atoms with Crippen LogP contribution in [0, 0.1) is 0 Å². The molecule has 0 aliphatic carbocycles. The standard InChI is InChI=1S/C10H22O2SSi/c1-9(2)8-13(11)12-14(6,7)10(3,4)5/h1,8H2,2-7H3/t13-/m0/s1. The van der Waals surface area contributed by atoms with E-state index in [4.69, 9.17) is 3.87 Å². The summed E-state index contributed by atoms with van der Waals surface area (Å²) in [5, 5.41) is 0.109. The summed E-state index contributed by atoms with van der Waals surface area (Å²) < 4.78 is 17.2. The molecule has 0 aromatic rings. The lowest BCUT2D eigenvalue weighted by Crippen LogP contribution is -2.41. The minimum Gasteiger partial charge on any atom is -0.334 e. The van der Waals surface area contributed by atoms with Gasteiger partial charge in [-0.25, -0.2) is 4.21 Å². The molecule has 0 saturated heterocycles. The minimum atomic E-state index is -1.88. The van der Waals surface area contributed by atoms with Crippen LogP contribution in [-0.4, -0.2) is 18.3 Å². The molecule has 0 unspecified atom stereocenters. The first kappa shape index (κ1) is 14.1. The van der Waals surface area contributed by atoms with Crippen LogP contribution in [0.5, 0.6) is 0 Å². The zero-order chi connectivity index (χ0) is 11.6. The molecule has 0 bridgehead atoms. The van der Waals surface area contributed by atoms with Crippen LogP contribution in [0.2, 0.25) is 18.1 Å². The van der Waals surface area contributed by atoms with E-state index in [1.165, 1.54) is 0 Å². The third-order valence-electron chi connectivity index (χ3n) is 2.47. The van der Waals surface area contributed by atoms with E-state index in [9.17, 15) is 4.21 Å². The summed E-state index contributed by atoms with van der Waals surface area (Å²) >= 11 is -1.20. The SMILES string of the molecule is C=C(C)C[S@@](=O)O[Si](C)(C)C(C)(C)C. The van der Waals surface area contributed by atoms with Crippen LogP contribution in [0.25, 0.3) is 0 Å². The quantitative estimate of drug-likeness (QED) is 0.551. The highest BCUT2D eigenvalue weighted by molar-refractivity contribution is 7.81. The van der Waals surface area contributed by atoms with Crippen molar-refractivity contribution in [2.24, 2.45) is 0 Å². The van der Waals surface area contributed by atoms with Gasteiger partial charge in [0.15, 0.2) is 0 Å². The normalized spacial score (nSPS) is 15.3. The van der Waals surface area contributed by atoms with Crippen LogP contribution in [0.3, 0.4) is 0 Å². The Labute approximate surface area is 91.5 Å². The molecular weight excluding hydrogens is 212 g/mol. The van der Waals surface area contributed by atoms with Crippen molar-refractivity contribution in [3.8, 4) is 0 Å². The first-order chi connectivity index (χ1) is 6.06. The molecule has 0 aromatic heterocycles. The Morgan fingerprint density at radius 1 is 1.43 bits per heavy atom. The highest BCUT2D eigenvalue weighted by Crippen LogP contribution is 2.37. The summed E-state index contributed by atoms with van der Waals surface area (Å²) in [7, 11) is -1.88. The van der Waals surface area contributed by atoms with Crippen LogP contribution in [0.1, 0.15) is 27.7 Å². The van der Waals surface area contributed by atoms with Crippen molar-refractivity contribution in [3.63, 3.8) is 0 Å². The first-order valence-corrected chi connectivity index (χ1v) is 8.94. The fraction of sp³-hybridized carbons (Fsp3) is 0.800. The summed E-state index contributed by atoms with van der Waals surface area (Å²) in [6.45, 7) is 16.2. The van der Waals surface area contributed by atoms with E-state index in [2.05, 4.69) is 40.4 Å². The van der Waals surface area contributed by atoms with Gasteiger partial charge in [-0.3, -0.25) is 0 Å². The van der Waals surface area contributed by atoms with E-state index in [1.54, 1.807) is 0 Å². The molecule has 0 aromatic carbocycles. The van der Waals surface area contributed by atoms with Crippen molar-refractivity contribution >= 4 is 19.4 Å². The smallest absolute Gasteiger partial charge is 0.213 e. The second-order valence-electron chi connectivity index (χ2n) is 5.25. The summed E-state index contributed by atoms with van der Waals surface area (Å²) in [5.41, 5.74) is 0.905. The second kappa shape index (κ2) is 4.73. The number of hydrogen-bond acceptors (Lipinski definition) is 2. The lowest BCUT2D eigenvalue weighted by atomic mass is 10.2. The summed E-state index contributed by atoms with van der Waals surface area (Å²) in [5.74, 6) is 0.451. The third kappa shape index (κ3) is 4.53. The van der Waals surface area contributed by atoms with E-state index >= 15 is 0 Å². The van der Waals surface area contributed by atoms with Crippen LogP contribution < -0.4 is 0 Å². The van der Waals surface area contributed by atoms with Crippen LogP contribution >= 0.6 is 0 Å². The maximum atomic E-state index is 11.6. The highest BCUT2D eigenvalue weighted by Gasteiger charge is 2.39. The maximum Gasteiger partial charge on any atom is 0.213 e. The topological polar surface area (TPSA) is 26.3 Å². The molecule has 2 nitrogen and oxygen atoms in total. The van der Waals surface area contributed by atoms with Crippen molar-refractivity contribution in [1.82, 2.24) is 0 Å². The molecule has 0 rings (SSSR count).